The van der Waals surface area contributed by atoms with Crippen molar-refractivity contribution in [3.63, 3.8) is 0 Å². The third-order valence-electron chi connectivity index (χ3n) is 7.35. The summed E-state index contributed by atoms with van der Waals surface area (Å²) in [4.78, 5) is 39.8. The van der Waals surface area contributed by atoms with Crippen LogP contribution in [0, 0.1) is 0 Å². The van der Waals surface area contributed by atoms with Crippen LogP contribution in [0.15, 0.2) is 48.5 Å². The number of benzene rings is 2. The molecule has 218 valence electrons. The van der Waals surface area contributed by atoms with E-state index in [-0.39, 0.29) is 18.0 Å². The molecule has 40 heavy (non-hydrogen) atoms. The molecule has 7 heteroatoms. The van der Waals surface area contributed by atoms with E-state index in [4.69, 9.17) is 14.2 Å². The van der Waals surface area contributed by atoms with Gasteiger partial charge in [-0.05, 0) is 81.1 Å². The maximum Gasteiger partial charge on any atom is 0.343 e. The first-order valence-electron chi connectivity index (χ1n) is 15.0. The number of ether oxygens (including phenoxy) is 3. The van der Waals surface area contributed by atoms with Gasteiger partial charge in [-0.25, -0.2) is 9.59 Å². The number of esters is 2. The Morgan fingerprint density at radius 2 is 1.43 bits per heavy atom. The molecule has 0 spiro atoms. The summed E-state index contributed by atoms with van der Waals surface area (Å²) in [5.74, 6) is 0.00167. The molecule has 1 aliphatic heterocycles. The predicted molar refractivity (Wildman–Crippen MR) is 156 cm³/mol. The predicted octanol–water partition coefficient (Wildman–Crippen LogP) is 7.37. The first-order chi connectivity index (χ1) is 19.4. The second-order valence-corrected chi connectivity index (χ2v) is 10.6. The van der Waals surface area contributed by atoms with Crippen LogP contribution in [-0.2, 0) is 9.53 Å². The van der Waals surface area contributed by atoms with Crippen LogP contribution in [0.3, 0.4) is 0 Å². The van der Waals surface area contributed by atoms with Gasteiger partial charge in [-0.1, -0.05) is 58.8 Å². The van der Waals surface area contributed by atoms with Gasteiger partial charge in [0.15, 0.2) is 0 Å². The van der Waals surface area contributed by atoms with Crippen molar-refractivity contribution in [1.82, 2.24) is 4.90 Å². The van der Waals surface area contributed by atoms with Crippen LogP contribution >= 0.6 is 0 Å². The summed E-state index contributed by atoms with van der Waals surface area (Å²) >= 11 is 0. The van der Waals surface area contributed by atoms with Crippen LogP contribution in [-0.4, -0.2) is 48.0 Å². The van der Waals surface area contributed by atoms with Gasteiger partial charge in [0.05, 0.1) is 18.3 Å². The molecule has 0 unspecified atom stereocenters. The van der Waals surface area contributed by atoms with Gasteiger partial charge in [0.2, 0.25) is 0 Å². The van der Waals surface area contributed by atoms with Gasteiger partial charge in [0, 0.05) is 12.1 Å². The first-order valence-corrected chi connectivity index (χ1v) is 15.0. The molecule has 0 radical (unpaired) electrons. The summed E-state index contributed by atoms with van der Waals surface area (Å²) in [5, 5.41) is 0. The monoisotopic (exact) mass is 551 g/mol. The van der Waals surface area contributed by atoms with Gasteiger partial charge in [-0.15, -0.1) is 0 Å². The second-order valence-electron chi connectivity index (χ2n) is 10.6. The highest BCUT2D eigenvalue weighted by Gasteiger charge is 2.36. The van der Waals surface area contributed by atoms with Crippen molar-refractivity contribution in [1.29, 1.82) is 0 Å². The zero-order valence-corrected chi connectivity index (χ0v) is 24.4. The molecule has 1 aliphatic rings. The molecule has 0 N–H and O–H groups in total. The van der Waals surface area contributed by atoms with Gasteiger partial charge in [-0.3, -0.25) is 4.79 Å². The lowest BCUT2D eigenvalue weighted by molar-refractivity contribution is -0.152. The van der Waals surface area contributed by atoms with E-state index in [1.807, 2.05) is 13.8 Å². The molecule has 1 heterocycles. The number of amides is 1. The maximum absolute atomic E-state index is 13.1. The van der Waals surface area contributed by atoms with Crippen molar-refractivity contribution in [2.24, 2.45) is 0 Å². The molecule has 1 fully saturated rings. The summed E-state index contributed by atoms with van der Waals surface area (Å²) in [6.45, 7) is 7.21. The summed E-state index contributed by atoms with van der Waals surface area (Å²) in [7, 11) is 0. The highest BCUT2D eigenvalue weighted by atomic mass is 16.5. The lowest BCUT2D eigenvalue weighted by atomic mass is 10.1. The van der Waals surface area contributed by atoms with E-state index in [2.05, 4.69) is 6.92 Å². The molecular formula is C33H45NO6. The van der Waals surface area contributed by atoms with Gasteiger partial charge >= 0.3 is 11.9 Å². The Labute approximate surface area is 239 Å². The van der Waals surface area contributed by atoms with Crippen molar-refractivity contribution in [2.75, 3.05) is 13.2 Å². The van der Waals surface area contributed by atoms with E-state index in [1.165, 1.54) is 44.9 Å². The molecule has 0 aromatic heterocycles. The fraction of sp³-hybridized carbons (Fsp3) is 0.545. The lowest BCUT2D eigenvalue weighted by Crippen LogP contribution is -2.42. The quantitative estimate of drug-likeness (QED) is 0.123. The highest BCUT2D eigenvalue weighted by Crippen LogP contribution is 2.24. The van der Waals surface area contributed by atoms with E-state index in [0.29, 0.717) is 36.4 Å². The summed E-state index contributed by atoms with van der Waals surface area (Å²) in [6, 6.07) is 12.8. The maximum atomic E-state index is 13.1. The van der Waals surface area contributed by atoms with Gasteiger partial charge in [-0.2, -0.15) is 0 Å². The van der Waals surface area contributed by atoms with E-state index in [1.54, 1.807) is 53.4 Å². The average molecular weight is 552 g/mol. The van der Waals surface area contributed by atoms with Crippen molar-refractivity contribution < 1.29 is 28.6 Å². The molecular weight excluding hydrogens is 506 g/mol. The number of carbonyl (C=O) groups excluding carboxylic acids is 3. The minimum atomic E-state index is -0.564. The van der Waals surface area contributed by atoms with E-state index in [0.717, 1.165) is 25.0 Å². The van der Waals surface area contributed by atoms with Crippen molar-refractivity contribution in [3.05, 3.63) is 59.7 Å². The van der Waals surface area contributed by atoms with Crippen LogP contribution in [0.1, 0.15) is 112 Å². The minimum absolute atomic E-state index is 0.178. The number of likely N-dealkylation sites (tertiary alicyclic amines) is 1. The first kappa shape index (κ1) is 31.2. The van der Waals surface area contributed by atoms with E-state index in [9.17, 15) is 14.4 Å². The Morgan fingerprint density at radius 1 is 0.825 bits per heavy atom. The van der Waals surface area contributed by atoms with Crippen LogP contribution in [0.2, 0.25) is 0 Å². The standard InChI is InChI=1S/C33H45NO6/c1-4-6-7-8-9-10-11-12-24-38-28-19-17-27(18-20-28)32(36)40-29-21-15-26(16-22-29)31(35)34-23-13-14-30(34)33(37)39-25(3)5-2/h15-22,25,30H,4-14,23-24H2,1-3H3/t25-,30+/m1/s1. The van der Waals surface area contributed by atoms with Crippen LogP contribution in [0.5, 0.6) is 11.5 Å². The SMILES string of the molecule is CCCCCCCCCCOc1ccc(C(=O)Oc2ccc(C(=O)N3CCC[C@H]3C(=O)O[C@H](C)CC)cc2)cc1. The number of unbranched alkanes of at least 4 members (excludes halogenated alkanes) is 7. The highest BCUT2D eigenvalue weighted by molar-refractivity contribution is 5.97. The Bertz CT molecular complexity index is 1070. The van der Waals surface area contributed by atoms with Gasteiger partial charge in [0.1, 0.15) is 17.5 Å². The smallest absolute Gasteiger partial charge is 0.343 e. The van der Waals surface area contributed by atoms with Gasteiger partial charge < -0.3 is 19.1 Å². The molecule has 3 rings (SSSR count). The fourth-order valence-electron chi connectivity index (χ4n) is 4.73. The Hall–Kier alpha value is -3.35. The second kappa shape index (κ2) is 16.7. The van der Waals surface area contributed by atoms with Crippen LogP contribution in [0.4, 0.5) is 0 Å². The zero-order chi connectivity index (χ0) is 28.7. The molecule has 1 saturated heterocycles. The Balaban J connectivity index is 1.43. The van der Waals surface area contributed by atoms with Crippen LogP contribution < -0.4 is 9.47 Å². The number of rotatable bonds is 16. The fourth-order valence-corrected chi connectivity index (χ4v) is 4.73. The van der Waals surface area contributed by atoms with E-state index >= 15 is 0 Å². The zero-order valence-electron chi connectivity index (χ0n) is 24.4. The molecule has 0 saturated carbocycles. The summed E-state index contributed by atoms with van der Waals surface area (Å²) in [6.07, 6.45) is 11.9. The lowest BCUT2D eigenvalue weighted by Gasteiger charge is -2.24. The largest absolute Gasteiger partial charge is 0.494 e. The van der Waals surface area contributed by atoms with Crippen LogP contribution in [0.25, 0.3) is 0 Å². The number of hydrogen-bond donors (Lipinski definition) is 0. The number of nitrogens with zero attached hydrogens (tertiary/aromatic N) is 1. The topological polar surface area (TPSA) is 82.1 Å². The third kappa shape index (κ3) is 9.68. The Morgan fingerprint density at radius 3 is 2.08 bits per heavy atom. The summed E-state index contributed by atoms with van der Waals surface area (Å²) < 4.78 is 16.8. The average Bonchev–Trinajstić information content (AvgIpc) is 3.47. The molecule has 2 atom stereocenters. The number of carbonyl (C=O) groups is 3. The molecule has 0 bridgehead atoms. The normalized spacial score (nSPS) is 15.5. The number of hydrogen-bond acceptors (Lipinski definition) is 6. The minimum Gasteiger partial charge on any atom is -0.494 e. The molecule has 1 amide bonds. The van der Waals surface area contributed by atoms with Gasteiger partial charge in [0.25, 0.3) is 5.91 Å². The summed E-state index contributed by atoms with van der Waals surface area (Å²) in [5.41, 5.74) is 0.848. The van der Waals surface area contributed by atoms with E-state index < -0.39 is 12.0 Å². The van der Waals surface area contributed by atoms with Crippen molar-refractivity contribution in [3.8, 4) is 11.5 Å². The third-order valence-corrected chi connectivity index (χ3v) is 7.35. The van der Waals surface area contributed by atoms with Crippen molar-refractivity contribution in [2.45, 2.75) is 104 Å². The van der Waals surface area contributed by atoms with Crippen molar-refractivity contribution >= 4 is 17.8 Å². The molecule has 7 nitrogen and oxygen atoms in total. The molecule has 2 aromatic carbocycles. The Kier molecular flexibility index (Phi) is 13.0. The molecule has 0 aliphatic carbocycles. The molecule has 2 aromatic rings.